The zero-order valence-corrected chi connectivity index (χ0v) is 21.0. The number of aromatic amines is 1. The highest BCUT2D eigenvalue weighted by molar-refractivity contribution is 5.45. The van der Waals surface area contributed by atoms with Crippen molar-refractivity contribution in [2.24, 2.45) is 0 Å². The van der Waals surface area contributed by atoms with Crippen LogP contribution >= 0.6 is 0 Å². The van der Waals surface area contributed by atoms with Crippen LogP contribution in [0.3, 0.4) is 0 Å². The molecule has 1 atom stereocenters. The zero-order chi connectivity index (χ0) is 26.5. The van der Waals surface area contributed by atoms with Gasteiger partial charge in [-0.2, -0.15) is 0 Å². The molecule has 1 unspecified atom stereocenters. The van der Waals surface area contributed by atoms with Gasteiger partial charge in [0.05, 0.1) is 25.2 Å². The van der Waals surface area contributed by atoms with Crippen LogP contribution in [0, 0.1) is 17.7 Å². The largest absolute Gasteiger partial charge is 0.502 e. The van der Waals surface area contributed by atoms with Crippen LogP contribution in [-0.2, 0) is 17.7 Å². The normalized spacial score (nSPS) is 17.4. The van der Waals surface area contributed by atoms with Gasteiger partial charge >= 0.3 is 0 Å². The van der Waals surface area contributed by atoms with Crippen LogP contribution < -0.4 is 5.56 Å². The summed E-state index contributed by atoms with van der Waals surface area (Å²) in [4.78, 5) is 22.4. The van der Waals surface area contributed by atoms with Gasteiger partial charge in [0.25, 0.3) is 5.56 Å². The smallest absolute Gasteiger partial charge is 0.293 e. The summed E-state index contributed by atoms with van der Waals surface area (Å²) >= 11 is 0. The third-order valence-electron chi connectivity index (χ3n) is 6.99. The van der Waals surface area contributed by atoms with E-state index in [0.717, 1.165) is 38.4 Å². The van der Waals surface area contributed by atoms with Crippen molar-refractivity contribution >= 4 is 0 Å². The standard InChI is InChI=1S/C29H30F2N4O3/c30-24-17-35(18-24)16-23(14-27-28(36)29(37)33-19-32-27)25-8-7-21(13-26(25)31)4-1-20-2-5-22(6-3-20)15-34-9-11-38-12-10-34/h2-3,5-8,13,19,23-24,36H,9-12,14-18H2,(H,32,33,37). The Morgan fingerprint density at radius 1 is 1.08 bits per heavy atom. The minimum atomic E-state index is -0.891. The van der Waals surface area contributed by atoms with Crippen LogP contribution in [0.5, 0.6) is 5.75 Å². The highest BCUT2D eigenvalue weighted by atomic mass is 19.1. The minimum Gasteiger partial charge on any atom is -0.502 e. The molecule has 5 rings (SSSR count). The van der Waals surface area contributed by atoms with E-state index in [1.54, 1.807) is 12.1 Å². The van der Waals surface area contributed by atoms with Crippen LogP contribution in [0.2, 0.25) is 0 Å². The van der Waals surface area contributed by atoms with Crippen LogP contribution in [0.1, 0.15) is 33.9 Å². The summed E-state index contributed by atoms with van der Waals surface area (Å²) in [6.45, 7) is 5.21. The van der Waals surface area contributed by atoms with E-state index in [1.165, 1.54) is 18.0 Å². The highest BCUT2D eigenvalue weighted by Crippen LogP contribution is 2.28. The van der Waals surface area contributed by atoms with E-state index in [4.69, 9.17) is 4.74 Å². The molecule has 7 nitrogen and oxygen atoms in total. The van der Waals surface area contributed by atoms with Crippen molar-refractivity contribution < 1.29 is 18.6 Å². The molecule has 3 aromatic rings. The fraction of sp³-hybridized carbons (Fsp3) is 0.379. The Balaban J connectivity index is 1.30. The monoisotopic (exact) mass is 520 g/mol. The molecule has 0 spiro atoms. The summed E-state index contributed by atoms with van der Waals surface area (Å²) in [5, 5.41) is 10.1. The molecule has 0 amide bonds. The first-order valence-electron chi connectivity index (χ1n) is 12.8. The van der Waals surface area contributed by atoms with Crippen molar-refractivity contribution in [3.05, 3.63) is 92.9 Å². The number of ether oxygens (including phenoxy) is 1. The summed E-state index contributed by atoms with van der Waals surface area (Å²) in [7, 11) is 0. The Morgan fingerprint density at radius 3 is 2.50 bits per heavy atom. The van der Waals surface area contributed by atoms with Gasteiger partial charge in [0.2, 0.25) is 5.75 Å². The first kappa shape index (κ1) is 26.0. The van der Waals surface area contributed by atoms with Gasteiger partial charge < -0.3 is 14.8 Å². The third-order valence-corrected chi connectivity index (χ3v) is 6.99. The SMILES string of the molecule is O=c1[nH]cnc(CC(CN2CC(F)C2)c2ccc(C#Cc3ccc(CN4CCOCC4)cc3)cc2F)c1O. The summed E-state index contributed by atoms with van der Waals surface area (Å²) < 4.78 is 34.1. The van der Waals surface area contributed by atoms with Crippen LogP contribution in [-0.4, -0.2) is 77.0 Å². The first-order valence-corrected chi connectivity index (χ1v) is 12.8. The molecule has 2 saturated heterocycles. The van der Waals surface area contributed by atoms with Crippen molar-refractivity contribution in [1.29, 1.82) is 0 Å². The number of morpholine rings is 1. The minimum absolute atomic E-state index is 0.141. The molecule has 2 aliphatic heterocycles. The molecule has 198 valence electrons. The van der Waals surface area contributed by atoms with Crippen molar-refractivity contribution in [1.82, 2.24) is 19.8 Å². The van der Waals surface area contributed by atoms with Gasteiger partial charge in [-0.25, -0.2) is 13.8 Å². The molecule has 9 heteroatoms. The van der Waals surface area contributed by atoms with Crippen LogP contribution in [0.25, 0.3) is 0 Å². The molecule has 2 N–H and O–H groups in total. The van der Waals surface area contributed by atoms with Crippen molar-refractivity contribution in [2.75, 3.05) is 45.9 Å². The molecule has 2 aromatic carbocycles. The summed E-state index contributed by atoms with van der Waals surface area (Å²) in [5.74, 6) is 4.77. The van der Waals surface area contributed by atoms with E-state index in [0.29, 0.717) is 17.7 Å². The maximum absolute atomic E-state index is 15.3. The van der Waals surface area contributed by atoms with E-state index in [-0.39, 0.29) is 25.2 Å². The lowest BCUT2D eigenvalue weighted by molar-refractivity contribution is 0.0342. The number of aromatic hydroxyl groups is 1. The molecule has 0 radical (unpaired) electrons. The molecule has 1 aromatic heterocycles. The summed E-state index contributed by atoms with van der Waals surface area (Å²) in [6.07, 6.45) is 0.458. The molecule has 2 aliphatic rings. The molecule has 3 heterocycles. The van der Waals surface area contributed by atoms with E-state index in [9.17, 15) is 14.3 Å². The fourth-order valence-electron chi connectivity index (χ4n) is 4.84. The average molecular weight is 521 g/mol. The third kappa shape index (κ3) is 6.45. The predicted molar refractivity (Wildman–Crippen MR) is 139 cm³/mol. The van der Waals surface area contributed by atoms with Gasteiger partial charge in [-0.1, -0.05) is 30.0 Å². The van der Waals surface area contributed by atoms with E-state index in [1.807, 2.05) is 17.0 Å². The maximum Gasteiger partial charge on any atom is 0.293 e. The molecule has 0 aliphatic carbocycles. The summed E-state index contributed by atoms with van der Waals surface area (Å²) in [5.41, 5.74) is 2.52. The maximum atomic E-state index is 15.3. The average Bonchev–Trinajstić information content (AvgIpc) is 2.90. The first-order chi connectivity index (χ1) is 18.4. The number of nitrogens with one attached hydrogen (secondary N) is 1. The molecule has 2 fully saturated rings. The Labute approximate surface area is 220 Å². The Hall–Kier alpha value is -3.58. The lowest BCUT2D eigenvalue weighted by Gasteiger charge is -2.37. The van der Waals surface area contributed by atoms with Crippen molar-refractivity contribution in [3.8, 4) is 17.6 Å². The number of H-pyrrole nitrogens is 1. The van der Waals surface area contributed by atoms with Crippen LogP contribution in [0.15, 0.2) is 53.6 Å². The number of hydrogen-bond acceptors (Lipinski definition) is 6. The number of hydrogen-bond donors (Lipinski definition) is 2. The van der Waals surface area contributed by atoms with E-state index < -0.39 is 29.2 Å². The molecule has 0 bridgehead atoms. The zero-order valence-electron chi connectivity index (χ0n) is 21.0. The molecular weight excluding hydrogens is 490 g/mol. The van der Waals surface area contributed by atoms with Gasteiger partial charge in [-0.15, -0.1) is 0 Å². The van der Waals surface area contributed by atoms with Crippen LogP contribution in [0.4, 0.5) is 8.78 Å². The van der Waals surface area contributed by atoms with Gasteiger partial charge in [0.1, 0.15) is 12.0 Å². The number of alkyl halides is 1. The van der Waals surface area contributed by atoms with E-state index in [2.05, 4.69) is 38.8 Å². The van der Waals surface area contributed by atoms with E-state index >= 15 is 4.39 Å². The topological polar surface area (TPSA) is 81.7 Å². The second-order valence-corrected chi connectivity index (χ2v) is 9.82. The summed E-state index contributed by atoms with van der Waals surface area (Å²) in [6, 6.07) is 12.9. The quantitative estimate of drug-likeness (QED) is 0.467. The molecular formula is C29H30F2N4O3. The van der Waals surface area contributed by atoms with Gasteiger partial charge in [-0.05, 0) is 35.4 Å². The number of rotatable bonds is 7. The number of nitrogens with zero attached hydrogens (tertiary/aromatic N) is 3. The number of likely N-dealkylation sites (tertiary alicyclic amines) is 1. The fourth-order valence-corrected chi connectivity index (χ4v) is 4.84. The second-order valence-electron chi connectivity index (χ2n) is 9.82. The Bertz CT molecular complexity index is 1370. The number of aromatic nitrogens is 2. The van der Waals surface area contributed by atoms with Gasteiger partial charge in [-0.3, -0.25) is 14.6 Å². The Kier molecular flexibility index (Phi) is 8.13. The molecule has 38 heavy (non-hydrogen) atoms. The van der Waals surface area contributed by atoms with Gasteiger partial charge in [0.15, 0.2) is 0 Å². The lowest BCUT2D eigenvalue weighted by Crippen LogP contribution is -2.50. The predicted octanol–water partition coefficient (Wildman–Crippen LogP) is 2.83. The lowest BCUT2D eigenvalue weighted by atomic mass is 9.91. The van der Waals surface area contributed by atoms with Gasteiger partial charge in [0, 0.05) is 62.7 Å². The van der Waals surface area contributed by atoms with Crippen molar-refractivity contribution in [3.63, 3.8) is 0 Å². The highest BCUT2D eigenvalue weighted by Gasteiger charge is 2.30. The second kappa shape index (κ2) is 11.9. The Morgan fingerprint density at radius 2 is 1.79 bits per heavy atom. The molecule has 0 saturated carbocycles. The number of benzene rings is 2. The van der Waals surface area contributed by atoms with Crippen molar-refractivity contribution in [2.45, 2.75) is 25.1 Å². The number of halogens is 2.